The first-order valence-corrected chi connectivity index (χ1v) is 9.87. The number of carbonyl (C=O) groups is 2. The number of nitrogens with one attached hydrogen (secondary N) is 1. The second-order valence-corrected chi connectivity index (χ2v) is 7.83. The highest BCUT2D eigenvalue weighted by atomic mass is 16.2. The van der Waals surface area contributed by atoms with Gasteiger partial charge in [0.1, 0.15) is 0 Å². The van der Waals surface area contributed by atoms with Crippen molar-refractivity contribution in [2.24, 2.45) is 11.8 Å². The maximum atomic E-state index is 12.4. The third-order valence-electron chi connectivity index (χ3n) is 5.80. The standard InChI is InChI=1S/C21H31N3O2/c1-23(2)19-8-6-16(7-9-19)10-13-22-20(25)17-11-14-24(15-12-17)21(26)18-4-3-5-18/h6-9,17-18H,3-5,10-15H2,1-2H3,(H,22,25). The molecule has 0 radical (unpaired) electrons. The minimum atomic E-state index is 0.0524. The van der Waals surface area contributed by atoms with Crippen LogP contribution in [-0.4, -0.2) is 50.4 Å². The summed E-state index contributed by atoms with van der Waals surface area (Å²) in [4.78, 5) is 28.7. The predicted molar refractivity (Wildman–Crippen MR) is 104 cm³/mol. The molecule has 0 spiro atoms. The van der Waals surface area contributed by atoms with Crippen molar-refractivity contribution >= 4 is 17.5 Å². The van der Waals surface area contributed by atoms with Crippen molar-refractivity contribution in [3.8, 4) is 0 Å². The number of hydrogen-bond donors (Lipinski definition) is 1. The monoisotopic (exact) mass is 357 g/mol. The van der Waals surface area contributed by atoms with Gasteiger partial charge < -0.3 is 15.1 Å². The second kappa shape index (κ2) is 8.56. The number of nitrogens with zero attached hydrogens (tertiary/aromatic N) is 2. The highest BCUT2D eigenvalue weighted by Gasteiger charge is 2.33. The number of anilines is 1. The first kappa shape index (κ1) is 18.7. The third-order valence-corrected chi connectivity index (χ3v) is 5.80. The Labute approximate surface area is 156 Å². The van der Waals surface area contributed by atoms with Crippen LogP contribution in [0.2, 0.25) is 0 Å². The van der Waals surface area contributed by atoms with E-state index >= 15 is 0 Å². The van der Waals surface area contributed by atoms with Gasteiger partial charge in [-0.3, -0.25) is 9.59 Å². The molecule has 0 aromatic heterocycles. The van der Waals surface area contributed by atoms with E-state index in [2.05, 4.69) is 34.5 Å². The fourth-order valence-electron chi connectivity index (χ4n) is 3.71. The Balaban J connectivity index is 1.37. The lowest BCUT2D eigenvalue weighted by Gasteiger charge is -2.36. The van der Waals surface area contributed by atoms with Gasteiger partial charge in [-0.1, -0.05) is 18.6 Å². The zero-order chi connectivity index (χ0) is 18.5. The van der Waals surface area contributed by atoms with E-state index in [1.54, 1.807) is 0 Å². The van der Waals surface area contributed by atoms with E-state index in [0.29, 0.717) is 12.5 Å². The normalized spacial score (nSPS) is 18.3. The molecule has 1 aromatic rings. The summed E-state index contributed by atoms with van der Waals surface area (Å²) in [6.45, 7) is 2.14. The number of rotatable bonds is 6. The van der Waals surface area contributed by atoms with Crippen molar-refractivity contribution in [2.45, 2.75) is 38.5 Å². The summed E-state index contributed by atoms with van der Waals surface area (Å²) in [5.74, 6) is 0.776. The molecule has 1 aliphatic carbocycles. The summed E-state index contributed by atoms with van der Waals surface area (Å²) >= 11 is 0. The molecule has 5 heteroatoms. The molecule has 5 nitrogen and oxygen atoms in total. The van der Waals surface area contributed by atoms with Crippen molar-refractivity contribution in [1.82, 2.24) is 10.2 Å². The molecular weight excluding hydrogens is 326 g/mol. The highest BCUT2D eigenvalue weighted by Crippen LogP contribution is 2.30. The predicted octanol–water partition coefficient (Wildman–Crippen LogP) is 2.45. The summed E-state index contributed by atoms with van der Waals surface area (Å²) in [5, 5.41) is 3.07. The van der Waals surface area contributed by atoms with E-state index < -0.39 is 0 Å². The molecule has 1 aliphatic heterocycles. The van der Waals surface area contributed by atoms with E-state index in [4.69, 9.17) is 0 Å². The van der Waals surface area contributed by atoms with Crippen LogP contribution in [0.4, 0.5) is 5.69 Å². The summed E-state index contributed by atoms with van der Waals surface area (Å²) in [6.07, 6.45) is 5.72. The lowest BCUT2D eigenvalue weighted by Crippen LogP contribution is -2.46. The van der Waals surface area contributed by atoms with E-state index in [1.807, 2.05) is 19.0 Å². The molecule has 1 N–H and O–H groups in total. The smallest absolute Gasteiger partial charge is 0.225 e. The summed E-state index contributed by atoms with van der Waals surface area (Å²) < 4.78 is 0. The van der Waals surface area contributed by atoms with Gasteiger partial charge in [-0.2, -0.15) is 0 Å². The van der Waals surface area contributed by atoms with Gasteiger partial charge in [0.05, 0.1) is 0 Å². The molecule has 142 valence electrons. The fourth-order valence-corrected chi connectivity index (χ4v) is 3.71. The van der Waals surface area contributed by atoms with Gasteiger partial charge >= 0.3 is 0 Å². The molecule has 1 saturated carbocycles. The van der Waals surface area contributed by atoms with Crippen molar-refractivity contribution in [3.63, 3.8) is 0 Å². The molecule has 2 amide bonds. The lowest BCUT2D eigenvalue weighted by molar-refractivity contribution is -0.141. The second-order valence-electron chi connectivity index (χ2n) is 7.83. The van der Waals surface area contributed by atoms with E-state index in [0.717, 1.165) is 45.2 Å². The van der Waals surface area contributed by atoms with E-state index in [9.17, 15) is 9.59 Å². The van der Waals surface area contributed by atoms with Crippen LogP contribution in [0.25, 0.3) is 0 Å². The van der Waals surface area contributed by atoms with Gasteiger partial charge in [0, 0.05) is 51.3 Å². The summed E-state index contributed by atoms with van der Waals surface area (Å²) in [5.41, 5.74) is 2.41. The maximum absolute atomic E-state index is 12.4. The lowest BCUT2D eigenvalue weighted by atomic mass is 9.83. The molecule has 3 rings (SSSR count). The Bertz CT molecular complexity index is 615. The Morgan fingerprint density at radius 3 is 2.23 bits per heavy atom. The fraction of sp³-hybridized carbons (Fsp3) is 0.619. The third kappa shape index (κ3) is 4.57. The molecule has 0 atom stereocenters. The summed E-state index contributed by atoms with van der Waals surface area (Å²) in [7, 11) is 4.06. The van der Waals surface area contributed by atoms with Crippen LogP contribution in [-0.2, 0) is 16.0 Å². The molecule has 2 aliphatic rings. The molecule has 26 heavy (non-hydrogen) atoms. The molecular formula is C21H31N3O2. The van der Waals surface area contributed by atoms with Gasteiger partial charge in [0.15, 0.2) is 0 Å². The molecule has 1 saturated heterocycles. The van der Waals surface area contributed by atoms with Crippen molar-refractivity contribution in [1.29, 1.82) is 0 Å². The van der Waals surface area contributed by atoms with Crippen LogP contribution in [0, 0.1) is 11.8 Å². The van der Waals surface area contributed by atoms with Gasteiger partial charge in [-0.05, 0) is 49.8 Å². The van der Waals surface area contributed by atoms with Crippen molar-refractivity contribution in [3.05, 3.63) is 29.8 Å². The van der Waals surface area contributed by atoms with Gasteiger partial charge in [-0.15, -0.1) is 0 Å². The SMILES string of the molecule is CN(C)c1ccc(CCNC(=O)C2CCN(C(=O)C3CCC3)CC2)cc1. The Morgan fingerprint density at radius 1 is 1.04 bits per heavy atom. The van der Waals surface area contributed by atoms with Crippen LogP contribution in [0.3, 0.4) is 0 Å². The topological polar surface area (TPSA) is 52.7 Å². The first-order chi connectivity index (χ1) is 12.5. The van der Waals surface area contributed by atoms with Crippen molar-refractivity contribution in [2.75, 3.05) is 38.6 Å². The van der Waals surface area contributed by atoms with Gasteiger partial charge in [0.25, 0.3) is 0 Å². The number of carbonyl (C=O) groups excluding carboxylic acids is 2. The molecule has 2 fully saturated rings. The van der Waals surface area contributed by atoms with Crippen LogP contribution < -0.4 is 10.2 Å². The van der Waals surface area contributed by atoms with Crippen LogP contribution >= 0.6 is 0 Å². The quantitative estimate of drug-likeness (QED) is 0.851. The van der Waals surface area contributed by atoms with Crippen LogP contribution in [0.15, 0.2) is 24.3 Å². The average molecular weight is 357 g/mol. The highest BCUT2D eigenvalue weighted by molar-refractivity contribution is 5.81. The number of piperidine rings is 1. The zero-order valence-corrected chi connectivity index (χ0v) is 16.0. The largest absolute Gasteiger partial charge is 0.378 e. The Kier molecular flexibility index (Phi) is 6.17. The Hall–Kier alpha value is -2.04. The van der Waals surface area contributed by atoms with Gasteiger partial charge in [0.2, 0.25) is 11.8 Å². The number of benzene rings is 1. The first-order valence-electron chi connectivity index (χ1n) is 9.87. The summed E-state index contributed by atoms with van der Waals surface area (Å²) in [6, 6.07) is 8.44. The van der Waals surface area contributed by atoms with E-state index in [1.165, 1.54) is 17.7 Å². The van der Waals surface area contributed by atoms with Crippen molar-refractivity contribution < 1.29 is 9.59 Å². The number of amides is 2. The van der Waals surface area contributed by atoms with Crippen LogP contribution in [0.5, 0.6) is 0 Å². The molecule has 0 bridgehead atoms. The minimum Gasteiger partial charge on any atom is -0.378 e. The molecule has 1 aromatic carbocycles. The van der Waals surface area contributed by atoms with Crippen LogP contribution in [0.1, 0.15) is 37.7 Å². The minimum absolute atomic E-state index is 0.0524. The average Bonchev–Trinajstić information content (AvgIpc) is 2.60. The number of hydrogen-bond acceptors (Lipinski definition) is 3. The Morgan fingerprint density at radius 2 is 1.69 bits per heavy atom. The molecule has 1 heterocycles. The molecule has 0 unspecified atom stereocenters. The van der Waals surface area contributed by atoms with Gasteiger partial charge in [-0.25, -0.2) is 0 Å². The van der Waals surface area contributed by atoms with E-state index in [-0.39, 0.29) is 17.7 Å². The number of likely N-dealkylation sites (tertiary alicyclic amines) is 1. The zero-order valence-electron chi connectivity index (χ0n) is 16.0. The maximum Gasteiger partial charge on any atom is 0.225 e.